The Hall–Kier alpha value is -3.91. The zero-order valence-electron chi connectivity index (χ0n) is 17.0. The lowest BCUT2D eigenvalue weighted by Gasteiger charge is -2.09. The van der Waals surface area contributed by atoms with Crippen LogP contribution in [0.5, 0.6) is 11.5 Å². The van der Waals surface area contributed by atoms with Gasteiger partial charge < -0.3 is 14.8 Å². The van der Waals surface area contributed by atoms with Crippen molar-refractivity contribution in [2.75, 3.05) is 14.2 Å². The molecule has 3 aromatic rings. The average molecular weight is 436 g/mol. The van der Waals surface area contributed by atoms with Crippen LogP contribution < -0.4 is 20.2 Å². The first-order valence-corrected chi connectivity index (χ1v) is 10.2. The van der Waals surface area contributed by atoms with Gasteiger partial charge in [-0.15, -0.1) is 11.3 Å². The number of hydrazone groups is 1. The van der Waals surface area contributed by atoms with Crippen molar-refractivity contribution < 1.29 is 19.1 Å². The van der Waals surface area contributed by atoms with E-state index in [-0.39, 0.29) is 11.6 Å². The number of carbonyl (C=O) groups excluding carboxylic acids is 2. The van der Waals surface area contributed by atoms with Crippen LogP contribution in [0, 0.1) is 0 Å². The van der Waals surface area contributed by atoms with Gasteiger partial charge in [0.25, 0.3) is 11.8 Å². The van der Waals surface area contributed by atoms with Crippen molar-refractivity contribution in [3.8, 4) is 11.5 Å². The van der Waals surface area contributed by atoms with Crippen molar-refractivity contribution >= 4 is 35.4 Å². The molecular formula is C23H21N3O4S. The van der Waals surface area contributed by atoms with E-state index in [1.165, 1.54) is 24.7 Å². The van der Waals surface area contributed by atoms with Crippen molar-refractivity contribution in [3.63, 3.8) is 0 Å². The number of nitrogens with one attached hydrogen (secondary N) is 2. The smallest absolute Gasteiger partial charge is 0.287 e. The number of thiophene rings is 1. The third-order valence-electron chi connectivity index (χ3n) is 4.17. The van der Waals surface area contributed by atoms with E-state index in [1.54, 1.807) is 55.7 Å². The minimum absolute atomic E-state index is 0.0788. The van der Waals surface area contributed by atoms with Crippen LogP contribution in [0.15, 0.2) is 76.8 Å². The molecule has 0 fully saturated rings. The van der Waals surface area contributed by atoms with Gasteiger partial charge in [-0.25, -0.2) is 5.43 Å². The van der Waals surface area contributed by atoms with E-state index >= 15 is 0 Å². The number of hydrogen-bond donors (Lipinski definition) is 2. The van der Waals surface area contributed by atoms with Gasteiger partial charge in [0.05, 0.1) is 20.4 Å². The number of carbonyl (C=O) groups is 2. The van der Waals surface area contributed by atoms with E-state index in [0.29, 0.717) is 22.6 Å². The average Bonchev–Trinajstić information content (AvgIpc) is 3.32. The maximum Gasteiger partial charge on any atom is 0.287 e. The number of hydrogen-bond acceptors (Lipinski definition) is 6. The minimum atomic E-state index is -0.554. The fourth-order valence-electron chi connectivity index (χ4n) is 2.60. The Kier molecular flexibility index (Phi) is 7.56. The second-order valence-corrected chi connectivity index (χ2v) is 7.18. The van der Waals surface area contributed by atoms with Crippen LogP contribution in [0.3, 0.4) is 0 Å². The number of rotatable bonds is 8. The molecule has 0 spiro atoms. The van der Waals surface area contributed by atoms with E-state index in [2.05, 4.69) is 15.8 Å². The number of amides is 2. The molecule has 158 valence electrons. The summed E-state index contributed by atoms with van der Waals surface area (Å²) in [5.41, 5.74) is 3.62. The molecule has 0 aliphatic rings. The predicted molar refractivity (Wildman–Crippen MR) is 121 cm³/mol. The SMILES string of the molecule is COc1ccc(C=NNC(=O)C(=Cc2cccs2)NC(=O)c2ccccc2)c(OC)c1. The van der Waals surface area contributed by atoms with E-state index in [0.717, 1.165) is 4.88 Å². The van der Waals surface area contributed by atoms with Gasteiger partial charge in [-0.05, 0) is 41.8 Å². The number of nitrogens with zero attached hydrogens (tertiary/aromatic N) is 1. The summed E-state index contributed by atoms with van der Waals surface area (Å²) in [7, 11) is 3.10. The molecule has 0 aliphatic heterocycles. The highest BCUT2D eigenvalue weighted by Crippen LogP contribution is 2.23. The summed E-state index contributed by atoms with van der Waals surface area (Å²) >= 11 is 1.45. The van der Waals surface area contributed by atoms with Crippen molar-refractivity contribution in [1.29, 1.82) is 0 Å². The molecule has 0 atom stereocenters. The molecule has 1 heterocycles. The van der Waals surface area contributed by atoms with Gasteiger partial charge in [-0.2, -0.15) is 5.10 Å². The summed E-state index contributed by atoms with van der Waals surface area (Å²) in [6.45, 7) is 0. The van der Waals surface area contributed by atoms with Crippen LogP contribution in [0.4, 0.5) is 0 Å². The van der Waals surface area contributed by atoms with Gasteiger partial charge in [-0.3, -0.25) is 9.59 Å². The maximum absolute atomic E-state index is 12.7. The molecule has 0 radical (unpaired) electrons. The lowest BCUT2D eigenvalue weighted by molar-refractivity contribution is -0.117. The monoisotopic (exact) mass is 435 g/mol. The van der Waals surface area contributed by atoms with Crippen molar-refractivity contribution in [2.45, 2.75) is 0 Å². The van der Waals surface area contributed by atoms with E-state index < -0.39 is 5.91 Å². The molecule has 0 unspecified atom stereocenters. The van der Waals surface area contributed by atoms with Crippen molar-refractivity contribution in [2.24, 2.45) is 5.10 Å². The van der Waals surface area contributed by atoms with Crippen LogP contribution in [0.1, 0.15) is 20.8 Å². The number of methoxy groups -OCH3 is 2. The molecule has 31 heavy (non-hydrogen) atoms. The summed E-state index contributed by atoms with van der Waals surface area (Å²) < 4.78 is 10.5. The van der Waals surface area contributed by atoms with Crippen LogP contribution in [-0.4, -0.2) is 32.2 Å². The third-order valence-corrected chi connectivity index (χ3v) is 4.99. The molecule has 7 nitrogen and oxygen atoms in total. The Morgan fingerprint density at radius 2 is 1.81 bits per heavy atom. The normalized spacial score (nSPS) is 11.2. The van der Waals surface area contributed by atoms with Crippen LogP contribution in [0.25, 0.3) is 6.08 Å². The summed E-state index contributed by atoms with van der Waals surface area (Å²) in [6.07, 6.45) is 3.06. The molecule has 3 rings (SSSR count). The first kappa shape index (κ1) is 21.8. The van der Waals surface area contributed by atoms with Crippen LogP contribution in [0.2, 0.25) is 0 Å². The first-order valence-electron chi connectivity index (χ1n) is 9.27. The first-order chi connectivity index (χ1) is 15.1. The largest absolute Gasteiger partial charge is 0.497 e. The second kappa shape index (κ2) is 10.7. The van der Waals surface area contributed by atoms with E-state index in [4.69, 9.17) is 9.47 Å². The maximum atomic E-state index is 12.7. The molecule has 0 bridgehead atoms. The number of benzene rings is 2. The summed E-state index contributed by atoms with van der Waals surface area (Å²) in [5.74, 6) is 0.243. The lowest BCUT2D eigenvalue weighted by atomic mass is 10.2. The summed E-state index contributed by atoms with van der Waals surface area (Å²) in [4.78, 5) is 26.1. The molecule has 8 heteroatoms. The molecular weight excluding hydrogens is 414 g/mol. The van der Waals surface area contributed by atoms with E-state index in [9.17, 15) is 9.59 Å². The van der Waals surface area contributed by atoms with Gasteiger partial charge in [-0.1, -0.05) is 24.3 Å². The Balaban J connectivity index is 1.76. The van der Waals surface area contributed by atoms with Crippen LogP contribution in [-0.2, 0) is 4.79 Å². The zero-order chi connectivity index (χ0) is 22.1. The Labute approximate surface area is 184 Å². The Morgan fingerprint density at radius 1 is 1.00 bits per heavy atom. The summed E-state index contributed by atoms with van der Waals surface area (Å²) in [5, 5.41) is 8.54. The van der Waals surface area contributed by atoms with Gasteiger partial charge in [0.2, 0.25) is 0 Å². The van der Waals surface area contributed by atoms with E-state index in [1.807, 2.05) is 23.6 Å². The van der Waals surface area contributed by atoms with Crippen LogP contribution >= 0.6 is 11.3 Å². The fourth-order valence-corrected chi connectivity index (χ4v) is 3.26. The highest BCUT2D eigenvalue weighted by atomic mass is 32.1. The van der Waals surface area contributed by atoms with Crippen molar-refractivity contribution in [1.82, 2.24) is 10.7 Å². The van der Waals surface area contributed by atoms with Gasteiger partial charge in [0.1, 0.15) is 17.2 Å². The van der Waals surface area contributed by atoms with Crippen molar-refractivity contribution in [3.05, 3.63) is 87.7 Å². The Bertz CT molecular complexity index is 1090. The fraction of sp³-hybridized carbons (Fsp3) is 0.0870. The standard InChI is InChI=1S/C23H21N3O4S/c1-29-18-11-10-17(21(13-18)30-2)15-24-26-23(28)20(14-19-9-6-12-31-19)25-22(27)16-7-4-3-5-8-16/h3-15H,1-2H3,(H,25,27)(H,26,28). The highest BCUT2D eigenvalue weighted by Gasteiger charge is 2.14. The number of ether oxygens (including phenoxy) is 2. The van der Waals surface area contributed by atoms with Gasteiger partial charge in [0, 0.05) is 22.1 Å². The molecule has 1 aromatic heterocycles. The quantitative estimate of drug-likeness (QED) is 0.321. The molecule has 0 aliphatic carbocycles. The molecule has 2 amide bonds. The lowest BCUT2D eigenvalue weighted by Crippen LogP contribution is -2.32. The molecule has 2 N–H and O–H groups in total. The highest BCUT2D eigenvalue weighted by molar-refractivity contribution is 7.10. The summed E-state index contributed by atoms with van der Waals surface area (Å²) in [6, 6.07) is 17.6. The molecule has 0 saturated carbocycles. The topological polar surface area (TPSA) is 89.0 Å². The minimum Gasteiger partial charge on any atom is -0.497 e. The van der Waals surface area contributed by atoms with Gasteiger partial charge in [0.15, 0.2) is 0 Å². The molecule has 2 aromatic carbocycles. The Morgan fingerprint density at radius 3 is 2.48 bits per heavy atom. The van der Waals surface area contributed by atoms with Gasteiger partial charge >= 0.3 is 0 Å². The second-order valence-electron chi connectivity index (χ2n) is 6.20. The predicted octanol–water partition coefficient (Wildman–Crippen LogP) is 3.69. The molecule has 0 saturated heterocycles. The third kappa shape index (κ3) is 6.03. The zero-order valence-corrected chi connectivity index (χ0v) is 17.8.